The molecule has 0 aromatic carbocycles. The van der Waals surface area contributed by atoms with Crippen molar-refractivity contribution >= 4 is 45.2 Å². The Hall–Kier alpha value is -1.67. The quantitative estimate of drug-likeness (QED) is 0.613. The summed E-state index contributed by atoms with van der Waals surface area (Å²) < 4.78 is 0. The Bertz CT molecular complexity index is 743. The van der Waals surface area contributed by atoms with Gasteiger partial charge in [0.1, 0.15) is 22.2 Å². The normalized spacial score (nSPS) is 12.6. The van der Waals surface area contributed by atoms with Crippen molar-refractivity contribution in [3.8, 4) is 0 Å². The number of thiophene rings is 1. The fourth-order valence-corrected chi connectivity index (χ4v) is 4.05. The first-order valence-electron chi connectivity index (χ1n) is 7.17. The van der Waals surface area contributed by atoms with E-state index in [1.54, 1.807) is 25.2 Å². The van der Waals surface area contributed by atoms with Gasteiger partial charge in [0.15, 0.2) is 0 Å². The average molecular weight is 353 g/mol. The second kappa shape index (κ2) is 7.27. The molecule has 2 heterocycles. The molecule has 1 amide bonds. The number of nitrogens with one attached hydrogen (secondary N) is 1. The van der Waals surface area contributed by atoms with Gasteiger partial charge in [-0.2, -0.15) is 0 Å². The van der Waals surface area contributed by atoms with Crippen LogP contribution in [0.25, 0.3) is 10.2 Å². The molecule has 0 radical (unpaired) electrons. The first-order valence-corrected chi connectivity index (χ1v) is 8.97. The Balaban J connectivity index is 2.09. The van der Waals surface area contributed by atoms with Gasteiger partial charge in [0.25, 0.3) is 0 Å². The number of rotatable bonds is 6. The summed E-state index contributed by atoms with van der Waals surface area (Å²) in [6.45, 7) is 7.57. The third-order valence-electron chi connectivity index (χ3n) is 3.52. The van der Waals surface area contributed by atoms with Crippen molar-refractivity contribution in [1.82, 2.24) is 15.3 Å². The first kappa shape index (κ1) is 17.7. The lowest BCUT2D eigenvalue weighted by Crippen LogP contribution is -2.45. The number of carboxylic acid groups (broad SMARTS) is 1. The van der Waals surface area contributed by atoms with Crippen LogP contribution in [0.3, 0.4) is 0 Å². The van der Waals surface area contributed by atoms with Gasteiger partial charge in [-0.25, -0.2) is 14.8 Å². The Kier molecular flexibility index (Phi) is 5.59. The number of nitrogens with zero attached hydrogens (tertiary/aromatic N) is 2. The minimum Gasteiger partial charge on any atom is -0.480 e. The largest absolute Gasteiger partial charge is 0.480 e. The van der Waals surface area contributed by atoms with Crippen LogP contribution in [-0.2, 0) is 9.59 Å². The Morgan fingerprint density at radius 1 is 1.35 bits per heavy atom. The van der Waals surface area contributed by atoms with Gasteiger partial charge in [-0.1, -0.05) is 25.6 Å². The molecule has 0 aliphatic rings. The number of carbonyl (C=O) groups excluding carboxylic acids is 1. The number of fused-ring (bicyclic) bond motifs is 1. The van der Waals surface area contributed by atoms with E-state index >= 15 is 0 Å². The highest BCUT2D eigenvalue weighted by molar-refractivity contribution is 8.00. The van der Waals surface area contributed by atoms with E-state index in [1.807, 2.05) is 13.8 Å². The molecule has 2 aromatic rings. The fraction of sp³-hybridized carbons (Fsp3) is 0.467. The van der Waals surface area contributed by atoms with Crippen molar-refractivity contribution < 1.29 is 14.7 Å². The predicted octanol–water partition coefficient (Wildman–Crippen LogP) is 2.63. The zero-order valence-corrected chi connectivity index (χ0v) is 15.0. The maximum atomic E-state index is 12.0. The molecule has 2 aromatic heterocycles. The first-order chi connectivity index (χ1) is 10.8. The van der Waals surface area contributed by atoms with Crippen molar-refractivity contribution in [2.75, 3.05) is 5.75 Å². The molecule has 0 unspecified atom stereocenters. The highest BCUT2D eigenvalue weighted by Gasteiger charge is 2.23. The highest BCUT2D eigenvalue weighted by Crippen LogP contribution is 2.34. The molecular formula is C15H19N3O3S2. The molecule has 0 fully saturated rings. The molecule has 0 spiro atoms. The van der Waals surface area contributed by atoms with Crippen LogP contribution in [0.4, 0.5) is 0 Å². The summed E-state index contributed by atoms with van der Waals surface area (Å²) in [7, 11) is 0. The van der Waals surface area contributed by atoms with Crippen LogP contribution in [0.5, 0.6) is 0 Å². The second-order valence-electron chi connectivity index (χ2n) is 5.56. The van der Waals surface area contributed by atoms with E-state index < -0.39 is 12.0 Å². The number of hydrogen-bond donors (Lipinski definition) is 2. The summed E-state index contributed by atoms with van der Waals surface area (Å²) in [5, 5.41) is 13.4. The van der Waals surface area contributed by atoms with Crippen molar-refractivity contribution in [2.24, 2.45) is 5.92 Å². The topological polar surface area (TPSA) is 92.2 Å². The van der Waals surface area contributed by atoms with Crippen LogP contribution in [0.2, 0.25) is 0 Å². The van der Waals surface area contributed by atoms with Gasteiger partial charge in [-0.05, 0) is 25.3 Å². The van der Waals surface area contributed by atoms with E-state index in [0.717, 1.165) is 20.8 Å². The zero-order chi connectivity index (χ0) is 17.1. The molecule has 0 bridgehead atoms. The Morgan fingerprint density at radius 2 is 2.04 bits per heavy atom. The van der Waals surface area contributed by atoms with Gasteiger partial charge in [0.2, 0.25) is 5.91 Å². The number of hydrogen-bond acceptors (Lipinski definition) is 6. The summed E-state index contributed by atoms with van der Waals surface area (Å²) in [4.78, 5) is 33.8. The number of thioether (sulfide) groups is 1. The van der Waals surface area contributed by atoms with E-state index in [-0.39, 0.29) is 17.6 Å². The number of aliphatic carboxylic acids is 1. The van der Waals surface area contributed by atoms with Gasteiger partial charge in [-0.15, -0.1) is 11.3 Å². The molecule has 2 rings (SSSR count). The third-order valence-corrected chi connectivity index (χ3v) is 5.62. The van der Waals surface area contributed by atoms with Crippen LogP contribution in [0.15, 0.2) is 11.4 Å². The van der Waals surface area contributed by atoms with Crippen LogP contribution in [0, 0.1) is 19.8 Å². The number of aryl methyl sites for hydroxylation is 2. The van der Waals surface area contributed by atoms with Gasteiger partial charge in [-0.3, -0.25) is 4.79 Å². The summed E-state index contributed by atoms with van der Waals surface area (Å²) >= 11 is 2.90. The molecule has 2 N–H and O–H groups in total. The van der Waals surface area contributed by atoms with Crippen LogP contribution in [0.1, 0.15) is 24.3 Å². The predicted molar refractivity (Wildman–Crippen MR) is 92.0 cm³/mol. The lowest BCUT2D eigenvalue weighted by molar-refractivity contribution is -0.142. The van der Waals surface area contributed by atoms with Gasteiger partial charge in [0.05, 0.1) is 5.75 Å². The molecule has 1 atom stereocenters. The lowest BCUT2D eigenvalue weighted by Gasteiger charge is -2.17. The Labute approximate surface area is 142 Å². The SMILES string of the molecule is Cc1sc2ncnc(SCC(=O)N[C@@H](C(=O)O)C(C)C)c2c1C. The number of carbonyl (C=O) groups is 2. The summed E-state index contributed by atoms with van der Waals surface area (Å²) in [5.74, 6) is -1.38. The lowest BCUT2D eigenvalue weighted by atomic mass is 10.1. The van der Waals surface area contributed by atoms with Crippen LogP contribution >= 0.6 is 23.1 Å². The molecule has 0 aliphatic carbocycles. The average Bonchev–Trinajstić information content (AvgIpc) is 2.77. The van der Waals surface area contributed by atoms with Gasteiger partial charge in [0, 0.05) is 10.3 Å². The van der Waals surface area contributed by atoms with Crippen molar-refractivity contribution in [3.05, 3.63) is 16.8 Å². The van der Waals surface area contributed by atoms with E-state index in [2.05, 4.69) is 15.3 Å². The summed E-state index contributed by atoms with van der Waals surface area (Å²) in [5.41, 5.74) is 1.12. The molecule has 0 saturated heterocycles. The van der Waals surface area contributed by atoms with Crippen LogP contribution in [-0.4, -0.2) is 38.7 Å². The molecule has 6 nitrogen and oxygen atoms in total. The van der Waals surface area contributed by atoms with Crippen molar-refractivity contribution in [1.29, 1.82) is 0 Å². The number of amides is 1. The maximum absolute atomic E-state index is 12.0. The summed E-state index contributed by atoms with van der Waals surface area (Å²) in [6, 6.07) is -0.876. The smallest absolute Gasteiger partial charge is 0.326 e. The summed E-state index contributed by atoms with van der Waals surface area (Å²) in [6.07, 6.45) is 1.49. The molecular weight excluding hydrogens is 334 g/mol. The standard InChI is InChI=1S/C15H19N3O3S2/c1-7(2)12(15(20)21)18-10(19)5-22-13-11-8(3)9(4)23-14(11)17-6-16-13/h6-7,12H,5H2,1-4H3,(H,18,19)(H,20,21)/t12-/m1/s1. The van der Waals surface area contributed by atoms with Crippen molar-refractivity contribution in [2.45, 2.75) is 38.8 Å². The zero-order valence-electron chi connectivity index (χ0n) is 13.4. The molecule has 8 heteroatoms. The van der Waals surface area contributed by atoms with E-state index in [4.69, 9.17) is 5.11 Å². The molecule has 0 saturated carbocycles. The molecule has 0 aliphatic heterocycles. The number of carboxylic acids is 1. The van der Waals surface area contributed by atoms with Crippen molar-refractivity contribution in [3.63, 3.8) is 0 Å². The molecule has 124 valence electrons. The van der Waals surface area contributed by atoms with Gasteiger partial charge < -0.3 is 10.4 Å². The Morgan fingerprint density at radius 3 is 2.65 bits per heavy atom. The van der Waals surface area contributed by atoms with Crippen LogP contribution < -0.4 is 5.32 Å². The van der Waals surface area contributed by atoms with Gasteiger partial charge >= 0.3 is 5.97 Å². The van der Waals surface area contributed by atoms with E-state index in [9.17, 15) is 9.59 Å². The third kappa shape index (κ3) is 4.00. The van der Waals surface area contributed by atoms with E-state index in [1.165, 1.54) is 23.0 Å². The maximum Gasteiger partial charge on any atom is 0.326 e. The minimum absolute atomic E-state index is 0.122. The van der Waals surface area contributed by atoms with E-state index in [0.29, 0.717) is 0 Å². The monoisotopic (exact) mass is 353 g/mol. The highest BCUT2D eigenvalue weighted by atomic mass is 32.2. The fourth-order valence-electron chi connectivity index (χ4n) is 2.12. The molecule has 23 heavy (non-hydrogen) atoms. The number of aromatic nitrogens is 2. The minimum atomic E-state index is -1.02. The second-order valence-corrected chi connectivity index (χ2v) is 7.73.